The van der Waals surface area contributed by atoms with Gasteiger partial charge in [0.1, 0.15) is 11.5 Å². The molecule has 0 fully saturated rings. The van der Waals surface area contributed by atoms with Crippen LogP contribution in [0.25, 0.3) is 0 Å². The summed E-state index contributed by atoms with van der Waals surface area (Å²) in [6, 6.07) is 27.0. The van der Waals surface area contributed by atoms with E-state index in [-0.39, 0.29) is 11.8 Å². The van der Waals surface area contributed by atoms with Crippen molar-refractivity contribution in [2.45, 2.75) is 18.9 Å². The summed E-state index contributed by atoms with van der Waals surface area (Å²) in [6.45, 7) is 1.86. The lowest BCUT2D eigenvalue weighted by molar-refractivity contribution is 0.0224. The van der Waals surface area contributed by atoms with E-state index in [2.05, 4.69) is 0 Å². The zero-order chi connectivity index (χ0) is 26.6. The standard InChI is InChI=1S/C32H28N2O4/c1-5-28(35)20-9-8-10-22(17-20)34(4)23-14-16-29-27(18-23)32(25-12-7-6-11-24(25)31(36)38-32)26-15-13-21(33(2)3)19-30(26)37-29/h6-19H,5H2,1-4H3. The average molecular weight is 505 g/mol. The highest BCUT2D eigenvalue weighted by Gasteiger charge is 2.53. The minimum Gasteiger partial charge on any atom is -0.456 e. The lowest BCUT2D eigenvalue weighted by atomic mass is 9.77. The van der Waals surface area contributed by atoms with E-state index in [1.807, 2.05) is 123 Å². The largest absolute Gasteiger partial charge is 0.456 e. The van der Waals surface area contributed by atoms with Gasteiger partial charge in [-0.25, -0.2) is 4.79 Å². The normalized spacial score (nSPS) is 16.7. The minimum absolute atomic E-state index is 0.0984. The molecule has 1 unspecified atom stereocenters. The van der Waals surface area contributed by atoms with Gasteiger partial charge < -0.3 is 19.3 Å². The van der Waals surface area contributed by atoms with Gasteiger partial charge in [-0.1, -0.05) is 37.3 Å². The Morgan fingerprint density at radius 2 is 1.53 bits per heavy atom. The first-order chi connectivity index (χ1) is 18.3. The van der Waals surface area contributed by atoms with Crippen LogP contribution in [0.1, 0.15) is 50.8 Å². The molecule has 6 rings (SSSR count). The Morgan fingerprint density at radius 3 is 2.32 bits per heavy atom. The van der Waals surface area contributed by atoms with Crippen molar-refractivity contribution >= 4 is 28.8 Å². The molecule has 0 N–H and O–H groups in total. The summed E-state index contributed by atoms with van der Waals surface area (Å²) >= 11 is 0. The molecule has 38 heavy (non-hydrogen) atoms. The van der Waals surface area contributed by atoms with Crippen LogP contribution in [-0.4, -0.2) is 32.9 Å². The predicted molar refractivity (Wildman–Crippen MR) is 148 cm³/mol. The van der Waals surface area contributed by atoms with Crippen LogP contribution in [0.4, 0.5) is 17.1 Å². The van der Waals surface area contributed by atoms with Gasteiger partial charge in [0.25, 0.3) is 0 Å². The predicted octanol–water partition coefficient (Wildman–Crippen LogP) is 6.68. The number of fused-ring (bicyclic) bond motifs is 6. The molecule has 0 bridgehead atoms. The summed E-state index contributed by atoms with van der Waals surface area (Å²) in [5.74, 6) is 1.02. The van der Waals surface area contributed by atoms with E-state index < -0.39 is 5.60 Å². The number of ketones is 1. The van der Waals surface area contributed by atoms with Crippen molar-refractivity contribution in [3.63, 3.8) is 0 Å². The molecule has 0 saturated carbocycles. The third-order valence-corrected chi connectivity index (χ3v) is 7.46. The quantitative estimate of drug-likeness (QED) is 0.223. The lowest BCUT2D eigenvalue weighted by Gasteiger charge is -2.37. The van der Waals surface area contributed by atoms with Gasteiger partial charge in [0.05, 0.1) is 5.56 Å². The van der Waals surface area contributed by atoms with Crippen LogP contribution in [0.2, 0.25) is 0 Å². The molecule has 2 heterocycles. The molecule has 1 spiro atoms. The van der Waals surface area contributed by atoms with E-state index in [0.29, 0.717) is 29.0 Å². The fraction of sp³-hybridized carbons (Fsp3) is 0.188. The Kier molecular flexibility index (Phi) is 5.49. The number of hydrogen-bond acceptors (Lipinski definition) is 6. The van der Waals surface area contributed by atoms with E-state index in [4.69, 9.17) is 9.47 Å². The van der Waals surface area contributed by atoms with Crippen LogP contribution in [0.3, 0.4) is 0 Å². The number of esters is 1. The second-order valence-electron chi connectivity index (χ2n) is 9.86. The van der Waals surface area contributed by atoms with Crippen molar-refractivity contribution < 1.29 is 19.1 Å². The Hall–Kier alpha value is -4.58. The molecule has 0 aliphatic carbocycles. The van der Waals surface area contributed by atoms with Gasteiger partial charge in [-0.2, -0.15) is 0 Å². The number of benzene rings is 4. The van der Waals surface area contributed by atoms with Crippen molar-refractivity contribution in [2.24, 2.45) is 0 Å². The van der Waals surface area contributed by atoms with Crippen molar-refractivity contribution in [3.05, 3.63) is 113 Å². The maximum absolute atomic E-state index is 13.2. The van der Waals surface area contributed by atoms with Gasteiger partial charge in [0.2, 0.25) is 0 Å². The third kappa shape index (κ3) is 3.48. The fourth-order valence-corrected chi connectivity index (χ4v) is 5.38. The molecule has 190 valence electrons. The van der Waals surface area contributed by atoms with Crippen LogP contribution in [0.5, 0.6) is 11.5 Å². The number of ether oxygens (including phenoxy) is 2. The summed E-state index contributed by atoms with van der Waals surface area (Å²) < 4.78 is 12.8. The highest BCUT2D eigenvalue weighted by molar-refractivity contribution is 5.98. The summed E-state index contributed by atoms with van der Waals surface area (Å²) in [4.78, 5) is 29.6. The minimum atomic E-state index is -1.14. The summed E-state index contributed by atoms with van der Waals surface area (Å²) in [5, 5.41) is 0. The van der Waals surface area contributed by atoms with E-state index in [1.54, 1.807) is 0 Å². The molecule has 1 atom stereocenters. The zero-order valence-corrected chi connectivity index (χ0v) is 21.8. The highest BCUT2D eigenvalue weighted by Crippen LogP contribution is 2.57. The molecule has 6 nitrogen and oxygen atoms in total. The van der Waals surface area contributed by atoms with Crippen LogP contribution in [-0.2, 0) is 10.3 Å². The summed E-state index contributed by atoms with van der Waals surface area (Å²) in [6.07, 6.45) is 0.450. The van der Waals surface area contributed by atoms with Crippen molar-refractivity contribution in [1.29, 1.82) is 0 Å². The van der Waals surface area contributed by atoms with Crippen molar-refractivity contribution in [2.75, 3.05) is 30.9 Å². The van der Waals surface area contributed by atoms with E-state index in [0.717, 1.165) is 33.8 Å². The Morgan fingerprint density at radius 1 is 0.763 bits per heavy atom. The number of hydrogen-bond donors (Lipinski definition) is 0. The van der Waals surface area contributed by atoms with Crippen LogP contribution in [0, 0.1) is 0 Å². The molecule has 0 radical (unpaired) electrons. The second kappa shape index (κ2) is 8.77. The molecule has 2 aliphatic rings. The van der Waals surface area contributed by atoms with E-state index in [9.17, 15) is 9.59 Å². The van der Waals surface area contributed by atoms with Gasteiger partial charge >= 0.3 is 5.97 Å². The van der Waals surface area contributed by atoms with Gasteiger partial charge in [-0.15, -0.1) is 0 Å². The van der Waals surface area contributed by atoms with Crippen molar-refractivity contribution in [3.8, 4) is 11.5 Å². The average Bonchev–Trinajstić information content (AvgIpc) is 3.24. The summed E-state index contributed by atoms with van der Waals surface area (Å²) in [5.41, 5.74) is 5.16. The number of carbonyl (C=O) groups is 2. The lowest BCUT2D eigenvalue weighted by Crippen LogP contribution is -2.33. The number of rotatable bonds is 5. The Labute approximate surface area is 222 Å². The van der Waals surface area contributed by atoms with Gasteiger partial charge in [0, 0.05) is 72.9 Å². The van der Waals surface area contributed by atoms with E-state index >= 15 is 0 Å². The van der Waals surface area contributed by atoms with Gasteiger partial charge in [0.15, 0.2) is 11.4 Å². The molecular weight excluding hydrogens is 476 g/mol. The third-order valence-electron chi connectivity index (χ3n) is 7.46. The topological polar surface area (TPSA) is 59.1 Å². The van der Waals surface area contributed by atoms with Crippen LogP contribution >= 0.6 is 0 Å². The summed E-state index contributed by atoms with van der Waals surface area (Å²) in [7, 11) is 5.91. The molecule has 0 amide bonds. The second-order valence-corrected chi connectivity index (χ2v) is 9.86. The van der Waals surface area contributed by atoms with E-state index in [1.165, 1.54) is 0 Å². The first-order valence-corrected chi connectivity index (χ1v) is 12.7. The fourth-order valence-electron chi connectivity index (χ4n) is 5.38. The first-order valence-electron chi connectivity index (χ1n) is 12.7. The van der Waals surface area contributed by atoms with Gasteiger partial charge in [-0.05, 0) is 48.5 Å². The maximum atomic E-state index is 13.2. The maximum Gasteiger partial charge on any atom is 0.340 e. The zero-order valence-electron chi connectivity index (χ0n) is 21.8. The Balaban J connectivity index is 1.54. The number of carbonyl (C=O) groups excluding carboxylic acids is 2. The Bertz CT molecular complexity index is 1610. The number of anilines is 3. The van der Waals surface area contributed by atoms with Crippen molar-refractivity contribution in [1.82, 2.24) is 0 Å². The van der Waals surface area contributed by atoms with Crippen LogP contribution < -0.4 is 14.5 Å². The smallest absolute Gasteiger partial charge is 0.340 e. The van der Waals surface area contributed by atoms with Crippen LogP contribution in [0.15, 0.2) is 84.9 Å². The molecule has 6 heteroatoms. The SMILES string of the molecule is CCC(=O)c1cccc(N(C)c2ccc3c(c2)C2(OC(=O)c4ccccc42)c2ccc(N(C)C)cc2O3)c1. The number of Topliss-reactive ketones (excluding diaryl/α,β-unsaturated/α-hetero) is 1. The first kappa shape index (κ1) is 23.8. The molecule has 4 aromatic rings. The molecule has 0 saturated heterocycles. The molecule has 2 aliphatic heterocycles. The van der Waals surface area contributed by atoms with Gasteiger partial charge in [-0.3, -0.25) is 4.79 Å². The molecule has 0 aromatic heterocycles. The molecular formula is C32H28N2O4. The monoisotopic (exact) mass is 504 g/mol. The number of nitrogens with zero attached hydrogens (tertiary/aromatic N) is 2. The highest BCUT2D eigenvalue weighted by atomic mass is 16.6. The molecule has 4 aromatic carbocycles.